The van der Waals surface area contributed by atoms with Gasteiger partial charge in [-0.25, -0.2) is 0 Å². The second-order valence-electron chi connectivity index (χ2n) is 4.46. The highest BCUT2D eigenvalue weighted by Gasteiger charge is 2.43. The fraction of sp³-hybridized carbons (Fsp3) is 0.429. The third-order valence-electron chi connectivity index (χ3n) is 3.33. The van der Waals surface area contributed by atoms with Crippen LogP contribution in [-0.2, 0) is 14.9 Å². The Morgan fingerprint density at radius 3 is 3.00 bits per heavy atom. The van der Waals surface area contributed by atoms with Gasteiger partial charge in [-0.1, -0.05) is 12.2 Å². The number of pyridine rings is 1. The maximum Gasteiger partial charge on any atom is 0.318 e. The average Bonchev–Trinajstić information content (AvgIpc) is 2.40. The molecule has 1 aromatic heterocycles. The highest BCUT2D eigenvalue weighted by molar-refractivity contribution is 5.85. The summed E-state index contributed by atoms with van der Waals surface area (Å²) in [6, 6.07) is 3.55. The van der Waals surface area contributed by atoms with Gasteiger partial charge in [0.25, 0.3) is 0 Å². The monoisotopic (exact) mass is 246 g/mol. The predicted octanol–water partition coefficient (Wildman–Crippen LogP) is 2.20. The van der Waals surface area contributed by atoms with Crippen LogP contribution >= 0.6 is 0 Å². The van der Waals surface area contributed by atoms with E-state index in [-0.39, 0.29) is 5.97 Å². The van der Waals surface area contributed by atoms with Gasteiger partial charge < -0.3 is 10.5 Å². The quantitative estimate of drug-likeness (QED) is 0.656. The van der Waals surface area contributed by atoms with E-state index in [9.17, 15) is 4.79 Å². The molecule has 1 unspecified atom stereocenters. The lowest BCUT2D eigenvalue weighted by Gasteiger charge is -2.32. The molecule has 0 bridgehead atoms. The molecule has 1 heterocycles. The molecule has 0 spiro atoms. The van der Waals surface area contributed by atoms with Crippen LogP contribution in [0.3, 0.4) is 0 Å². The summed E-state index contributed by atoms with van der Waals surface area (Å²) in [7, 11) is 0. The van der Waals surface area contributed by atoms with Crippen molar-refractivity contribution in [1.29, 1.82) is 0 Å². The highest BCUT2D eigenvalue weighted by atomic mass is 16.5. The number of hydrogen-bond donors (Lipinski definition) is 1. The molecular weight excluding hydrogens is 228 g/mol. The van der Waals surface area contributed by atoms with Gasteiger partial charge in [0.15, 0.2) is 0 Å². The van der Waals surface area contributed by atoms with E-state index in [1.165, 1.54) is 0 Å². The zero-order valence-corrected chi connectivity index (χ0v) is 10.6. The van der Waals surface area contributed by atoms with E-state index in [1.54, 1.807) is 18.3 Å². The third-order valence-corrected chi connectivity index (χ3v) is 3.33. The molecule has 0 saturated carbocycles. The van der Waals surface area contributed by atoms with Gasteiger partial charge in [0.1, 0.15) is 5.41 Å². The zero-order valence-electron chi connectivity index (χ0n) is 10.6. The van der Waals surface area contributed by atoms with Crippen molar-refractivity contribution in [3.8, 4) is 0 Å². The smallest absolute Gasteiger partial charge is 0.318 e. The van der Waals surface area contributed by atoms with Crippen LogP contribution in [0.25, 0.3) is 0 Å². The van der Waals surface area contributed by atoms with Gasteiger partial charge in [0, 0.05) is 6.20 Å². The van der Waals surface area contributed by atoms with Gasteiger partial charge in [-0.05, 0) is 38.3 Å². The molecule has 4 nitrogen and oxygen atoms in total. The summed E-state index contributed by atoms with van der Waals surface area (Å²) >= 11 is 0. The van der Waals surface area contributed by atoms with E-state index in [4.69, 9.17) is 10.5 Å². The summed E-state index contributed by atoms with van der Waals surface area (Å²) in [4.78, 5) is 16.6. The first-order valence-corrected chi connectivity index (χ1v) is 6.24. The van der Waals surface area contributed by atoms with Crippen LogP contribution in [0.4, 0.5) is 5.69 Å². The molecular formula is C14H18N2O2. The maximum atomic E-state index is 12.3. The van der Waals surface area contributed by atoms with Crippen LogP contribution in [0, 0.1) is 0 Å². The van der Waals surface area contributed by atoms with E-state index in [1.807, 2.05) is 13.0 Å². The fourth-order valence-electron chi connectivity index (χ4n) is 2.42. The first-order valence-electron chi connectivity index (χ1n) is 6.24. The zero-order chi connectivity index (χ0) is 13.0. The van der Waals surface area contributed by atoms with Gasteiger partial charge in [0.2, 0.25) is 0 Å². The molecule has 0 saturated heterocycles. The summed E-state index contributed by atoms with van der Waals surface area (Å²) in [5.74, 6) is -0.222. The predicted molar refractivity (Wildman–Crippen MR) is 70.0 cm³/mol. The Balaban J connectivity index is 2.45. The Labute approximate surface area is 107 Å². The number of nitrogens with two attached hydrogens (primary N) is 1. The number of nitrogens with zero attached hydrogens (tertiary/aromatic N) is 1. The minimum atomic E-state index is -0.712. The van der Waals surface area contributed by atoms with Crippen molar-refractivity contribution in [2.24, 2.45) is 0 Å². The van der Waals surface area contributed by atoms with E-state index >= 15 is 0 Å². The molecule has 0 aliphatic heterocycles. The number of ether oxygens (including phenoxy) is 1. The molecule has 1 atom stereocenters. The molecule has 4 heteroatoms. The summed E-state index contributed by atoms with van der Waals surface area (Å²) in [6.07, 6.45) is 7.90. The molecule has 0 radical (unpaired) electrons. The lowest BCUT2D eigenvalue weighted by atomic mass is 9.73. The van der Waals surface area contributed by atoms with Crippen LogP contribution in [-0.4, -0.2) is 17.6 Å². The van der Waals surface area contributed by atoms with Gasteiger partial charge >= 0.3 is 5.97 Å². The summed E-state index contributed by atoms with van der Waals surface area (Å²) in [6.45, 7) is 2.18. The Bertz CT molecular complexity index is 471. The summed E-state index contributed by atoms with van der Waals surface area (Å²) in [5, 5.41) is 0. The fourth-order valence-corrected chi connectivity index (χ4v) is 2.42. The van der Waals surface area contributed by atoms with Crippen molar-refractivity contribution >= 4 is 11.7 Å². The summed E-state index contributed by atoms with van der Waals surface area (Å²) in [5.41, 5.74) is 6.47. The molecule has 0 aromatic carbocycles. The largest absolute Gasteiger partial charge is 0.465 e. The number of anilines is 1. The molecule has 96 valence electrons. The molecule has 18 heavy (non-hydrogen) atoms. The number of hydrogen-bond acceptors (Lipinski definition) is 4. The van der Waals surface area contributed by atoms with Gasteiger partial charge in [-0.3, -0.25) is 9.78 Å². The van der Waals surface area contributed by atoms with Crippen molar-refractivity contribution in [1.82, 2.24) is 4.98 Å². The van der Waals surface area contributed by atoms with E-state index in [2.05, 4.69) is 11.1 Å². The topological polar surface area (TPSA) is 65.2 Å². The first-order chi connectivity index (χ1) is 8.70. The molecule has 0 fully saturated rings. The second kappa shape index (κ2) is 5.21. The molecule has 1 aromatic rings. The Hall–Kier alpha value is -1.84. The van der Waals surface area contributed by atoms with Crippen molar-refractivity contribution in [2.45, 2.75) is 31.6 Å². The van der Waals surface area contributed by atoms with Crippen molar-refractivity contribution < 1.29 is 9.53 Å². The van der Waals surface area contributed by atoms with Gasteiger partial charge in [-0.15, -0.1) is 0 Å². The minimum absolute atomic E-state index is 0.222. The number of nitrogen functional groups attached to an aromatic ring is 1. The maximum absolute atomic E-state index is 12.3. The van der Waals surface area contributed by atoms with E-state index < -0.39 is 5.41 Å². The lowest BCUT2D eigenvalue weighted by molar-refractivity contribution is -0.150. The Morgan fingerprint density at radius 1 is 1.56 bits per heavy atom. The molecule has 1 aliphatic carbocycles. The average molecular weight is 246 g/mol. The van der Waals surface area contributed by atoms with Gasteiger partial charge in [0.05, 0.1) is 18.0 Å². The standard InChI is InChI=1S/C14H18N2O2/c1-2-18-13(17)14(8-4-3-5-9-14)12-11(15)7-6-10-16-12/h3-4,6-7,10H,2,5,8-9,15H2,1H3. The van der Waals surface area contributed by atoms with Crippen molar-refractivity contribution in [3.05, 3.63) is 36.2 Å². The number of carbonyl (C=O) groups excluding carboxylic acids is 1. The number of carbonyl (C=O) groups is 1. The van der Waals surface area contributed by atoms with E-state index in [0.717, 1.165) is 6.42 Å². The number of rotatable bonds is 3. The summed E-state index contributed by atoms with van der Waals surface area (Å²) < 4.78 is 5.23. The molecule has 2 N–H and O–H groups in total. The Kier molecular flexibility index (Phi) is 3.65. The molecule has 2 rings (SSSR count). The number of allylic oxidation sites excluding steroid dienone is 2. The SMILES string of the molecule is CCOC(=O)C1(c2ncccc2N)CC=CCC1. The normalized spacial score (nSPS) is 22.7. The third kappa shape index (κ3) is 2.10. The van der Waals surface area contributed by atoms with Crippen LogP contribution in [0.1, 0.15) is 31.9 Å². The van der Waals surface area contributed by atoms with E-state index in [0.29, 0.717) is 30.8 Å². The van der Waals surface area contributed by atoms with Crippen LogP contribution in [0.2, 0.25) is 0 Å². The molecule has 1 aliphatic rings. The highest BCUT2D eigenvalue weighted by Crippen LogP contribution is 2.39. The lowest BCUT2D eigenvalue weighted by Crippen LogP contribution is -2.39. The van der Waals surface area contributed by atoms with Crippen molar-refractivity contribution in [2.75, 3.05) is 12.3 Å². The second-order valence-corrected chi connectivity index (χ2v) is 4.46. The molecule has 0 amide bonds. The minimum Gasteiger partial charge on any atom is -0.465 e. The van der Waals surface area contributed by atoms with Crippen LogP contribution in [0.5, 0.6) is 0 Å². The number of aromatic nitrogens is 1. The number of esters is 1. The Morgan fingerprint density at radius 2 is 2.39 bits per heavy atom. The van der Waals surface area contributed by atoms with Crippen LogP contribution < -0.4 is 5.73 Å². The first kappa shape index (κ1) is 12.6. The van der Waals surface area contributed by atoms with Gasteiger partial charge in [-0.2, -0.15) is 0 Å². The van der Waals surface area contributed by atoms with Crippen molar-refractivity contribution in [3.63, 3.8) is 0 Å². The van der Waals surface area contributed by atoms with Crippen LogP contribution in [0.15, 0.2) is 30.5 Å².